The van der Waals surface area contributed by atoms with Gasteiger partial charge in [-0.3, -0.25) is 19.6 Å². The maximum atomic E-state index is 13.5. The van der Waals surface area contributed by atoms with Gasteiger partial charge < -0.3 is 19.7 Å². The summed E-state index contributed by atoms with van der Waals surface area (Å²) in [7, 11) is 0. The Morgan fingerprint density at radius 3 is 1.07 bits per heavy atom. The Morgan fingerprint density at radius 2 is 0.716 bits per heavy atom. The van der Waals surface area contributed by atoms with Crippen LogP contribution in [0.1, 0.15) is 75.9 Å². The minimum Gasteiger partial charge on any atom is -0.507 e. The Kier molecular flexibility index (Phi) is 13.1. The summed E-state index contributed by atoms with van der Waals surface area (Å²) >= 11 is 0. The van der Waals surface area contributed by atoms with Gasteiger partial charge in [0.1, 0.15) is 35.1 Å². The molecule has 0 radical (unpaired) electrons. The molecule has 10 rings (SSSR count). The van der Waals surface area contributed by atoms with Gasteiger partial charge in [-0.05, 0) is 120 Å². The summed E-state index contributed by atoms with van der Waals surface area (Å²) in [5, 5.41) is 32.1. The van der Waals surface area contributed by atoms with E-state index in [1.54, 1.807) is 24.6 Å². The Labute approximate surface area is 430 Å². The molecular formula is C66H56N2O6. The highest BCUT2D eigenvalue weighted by molar-refractivity contribution is 6.14. The molecule has 0 aliphatic rings. The van der Waals surface area contributed by atoms with Gasteiger partial charge in [0.05, 0.1) is 10.8 Å². The molecule has 2 atom stereocenters. The summed E-state index contributed by atoms with van der Waals surface area (Å²) < 4.78 is 12.4. The lowest BCUT2D eigenvalue weighted by atomic mass is 9.90. The zero-order chi connectivity index (χ0) is 51.7. The number of ether oxygens (including phenoxy) is 2. The van der Waals surface area contributed by atoms with E-state index >= 15 is 0 Å². The monoisotopic (exact) mass is 972 g/mol. The number of carbonyl (C=O) groups excluding carboxylic acids is 2. The molecule has 366 valence electrons. The van der Waals surface area contributed by atoms with Crippen LogP contribution in [-0.2, 0) is 9.59 Å². The van der Waals surface area contributed by atoms with Gasteiger partial charge in [-0.15, -0.1) is 0 Å². The van der Waals surface area contributed by atoms with Crippen LogP contribution in [-0.4, -0.2) is 34.6 Å². The first-order valence-electron chi connectivity index (χ1n) is 24.8. The van der Waals surface area contributed by atoms with Crippen molar-refractivity contribution in [1.29, 1.82) is 0 Å². The van der Waals surface area contributed by atoms with Gasteiger partial charge >= 0.3 is 11.9 Å². The smallest absolute Gasteiger partial charge is 0.316 e. The van der Waals surface area contributed by atoms with Crippen molar-refractivity contribution < 1.29 is 29.3 Å². The number of hydrogen-bond donors (Lipinski definition) is 2. The maximum Gasteiger partial charge on any atom is 0.316 e. The third-order valence-corrected chi connectivity index (χ3v) is 13.3. The second kappa shape index (κ2) is 20.0. The molecule has 0 heterocycles. The second-order valence-electron chi connectivity index (χ2n) is 20.7. The standard InChI is InChI=1S/C66H56N2O6/c1-65(2,3)63(71)73-53-35-33-41-21-13-17-29-49(41)55(53)57-51-31-19-15-27-45(51)37-47(61(57)69)39-67-59(43-23-9-7-10-24-43)60(44-25-11-8-12-26-44)68-40-48-38-46-28-16-20-32-52(46)58(62(48)70)56-50-30-18-14-22-42(50)34-36-54(56)74-64(72)66(4,5)6/h7-40,59-60,69-70H,1-6H3/t59-,60-/m1/s1. The van der Waals surface area contributed by atoms with Crippen molar-refractivity contribution in [3.05, 3.63) is 216 Å². The van der Waals surface area contributed by atoms with E-state index in [0.29, 0.717) is 44.9 Å². The van der Waals surface area contributed by atoms with Crippen LogP contribution in [0.2, 0.25) is 0 Å². The number of phenols is 2. The van der Waals surface area contributed by atoms with Crippen LogP contribution in [0.25, 0.3) is 65.3 Å². The first-order valence-corrected chi connectivity index (χ1v) is 24.8. The number of nitrogens with zero attached hydrogens (tertiary/aromatic N) is 2. The molecule has 2 N–H and O–H groups in total. The third-order valence-electron chi connectivity index (χ3n) is 13.3. The molecule has 10 aromatic rings. The van der Waals surface area contributed by atoms with Gasteiger partial charge in [0.2, 0.25) is 0 Å². The molecular weight excluding hydrogens is 917 g/mol. The van der Waals surface area contributed by atoms with Crippen molar-refractivity contribution in [1.82, 2.24) is 0 Å². The molecule has 74 heavy (non-hydrogen) atoms. The summed E-state index contributed by atoms with van der Waals surface area (Å²) in [6.45, 7) is 10.9. The summed E-state index contributed by atoms with van der Waals surface area (Å²) in [6.07, 6.45) is 3.40. The van der Waals surface area contributed by atoms with Gasteiger partial charge in [0, 0.05) is 45.8 Å². The summed E-state index contributed by atoms with van der Waals surface area (Å²) in [4.78, 5) is 37.8. The van der Waals surface area contributed by atoms with Gasteiger partial charge in [-0.1, -0.05) is 170 Å². The molecule has 10 aromatic carbocycles. The summed E-state index contributed by atoms with van der Waals surface area (Å²) in [6, 6.07) is 61.2. The molecule has 0 aromatic heterocycles. The molecule has 0 fully saturated rings. The van der Waals surface area contributed by atoms with E-state index < -0.39 is 34.9 Å². The number of rotatable bonds is 11. The molecule has 8 heteroatoms. The second-order valence-corrected chi connectivity index (χ2v) is 20.7. The van der Waals surface area contributed by atoms with Crippen molar-refractivity contribution >= 4 is 67.5 Å². The number of phenolic OH excluding ortho intramolecular Hbond substituents is 2. The highest BCUT2D eigenvalue weighted by Crippen LogP contribution is 2.49. The molecule has 0 saturated heterocycles. The first kappa shape index (κ1) is 48.7. The number of carbonyl (C=O) groups is 2. The van der Waals surface area contributed by atoms with Crippen LogP contribution in [0, 0.1) is 10.8 Å². The lowest BCUT2D eigenvalue weighted by Gasteiger charge is -2.23. The van der Waals surface area contributed by atoms with E-state index in [-0.39, 0.29) is 11.5 Å². The SMILES string of the molecule is CC(C)(C)C(=O)Oc1ccc2ccccc2c1-c1c(O)c(C=N[C@H](c2ccccc2)[C@H](N=Cc2cc3ccccc3c(-c3c(OC(=O)C(C)(C)C)ccc4ccccc34)c2O)c2ccccc2)cc2ccccc12. The van der Waals surface area contributed by atoms with E-state index in [4.69, 9.17) is 19.5 Å². The fraction of sp³-hybridized carbons (Fsp3) is 0.152. The van der Waals surface area contributed by atoms with Crippen LogP contribution < -0.4 is 9.47 Å². The Bertz CT molecular complexity index is 3580. The maximum absolute atomic E-state index is 13.5. The van der Waals surface area contributed by atoms with Crippen molar-refractivity contribution in [3.8, 4) is 45.3 Å². The molecule has 0 aliphatic heterocycles. The zero-order valence-corrected chi connectivity index (χ0v) is 42.2. The molecule has 0 saturated carbocycles. The van der Waals surface area contributed by atoms with Crippen molar-refractivity contribution in [3.63, 3.8) is 0 Å². The van der Waals surface area contributed by atoms with E-state index in [1.807, 2.05) is 224 Å². The van der Waals surface area contributed by atoms with E-state index in [0.717, 1.165) is 54.2 Å². The average Bonchev–Trinajstić information content (AvgIpc) is 3.41. The summed E-state index contributed by atoms with van der Waals surface area (Å²) in [5.74, 6) is -0.192. The molecule has 0 bridgehead atoms. The van der Waals surface area contributed by atoms with Gasteiger partial charge in [0.15, 0.2) is 0 Å². The van der Waals surface area contributed by atoms with Crippen molar-refractivity contribution in [2.45, 2.75) is 53.6 Å². The van der Waals surface area contributed by atoms with Crippen LogP contribution in [0.15, 0.2) is 204 Å². The Hall–Kier alpha value is -8.88. The van der Waals surface area contributed by atoms with E-state index in [9.17, 15) is 19.8 Å². The van der Waals surface area contributed by atoms with Crippen molar-refractivity contribution in [2.75, 3.05) is 0 Å². The van der Waals surface area contributed by atoms with Crippen LogP contribution in [0.5, 0.6) is 23.0 Å². The number of esters is 2. The highest BCUT2D eigenvalue weighted by Gasteiger charge is 2.30. The predicted octanol–water partition coefficient (Wildman–Crippen LogP) is 16.0. The van der Waals surface area contributed by atoms with Gasteiger partial charge in [-0.2, -0.15) is 0 Å². The molecule has 8 nitrogen and oxygen atoms in total. The topological polar surface area (TPSA) is 118 Å². The Balaban J connectivity index is 1.15. The predicted molar refractivity (Wildman–Crippen MR) is 301 cm³/mol. The lowest BCUT2D eigenvalue weighted by Crippen LogP contribution is -2.25. The Morgan fingerprint density at radius 1 is 0.405 bits per heavy atom. The molecule has 0 amide bonds. The van der Waals surface area contributed by atoms with Crippen LogP contribution in [0.3, 0.4) is 0 Å². The number of aromatic hydroxyl groups is 2. The van der Waals surface area contributed by atoms with E-state index in [1.165, 1.54) is 0 Å². The summed E-state index contributed by atoms with van der Waals surface area (Å²) in [5.41, 5.74) is 3.26. The quantitative estimate of drug-likeness (QED) is 0.0757. The van der Waals surface area contributed by atoms with Crippen LogP contribution in [0.4, 0.5) is 0 Å². The van der Waals surface area contributed by atoms with Crippen LogP contribution >= 0.6 is 0 Å². The number of aliphatic imine (C=N–C) groups is 2. The lowest BCUT2D eigenvalue weighted by molar-refractivity contribution is -0.143. The minimum atomic E-state index is -0.788. The number of hydrogen-bond acceptors (Lipinski definition) is 8. The molecule has 0 unspecified atom stereocenters. The molecule has 0 aliphatic carbocycles. The number of benzene rings is 10. The first-order chi connectivity index (χ1) is 35.7. The van der Waals surface area contributed by atoms with Gasteiger partial charge in [-0.25, -0.2) is 0 Å². The van der Waals surface area contributed by atoms with Gasteiger partial charge in [0.25, 0.3) is 0 Å². The largest absolute Gasteiger partial charge is 0.507 e. The minimum absolute atomic E-state index is 0.0296. The highest BCUT2D eigenvalue weighted by atomic mass is 16.5. The normalized spacial score (nSPS) is 13.0. The van der Waals surface area contributed by atoms with Crippen molar-refractivity contribution in [2.24, 2.45) is 20.8 Å². The fourth-order valence-electron chi connectivity index (χ4n) is 9.44. The number of fused-ring (bicyclic) bond motifs is 4. The average molecular weight is 973 g/mol. The molecule has 0 spiro atoms. The fourth-order valence-corrected chi connectivity index (χ4v) is 9.44. The third kappa shape index (κ3) is 9.62. The van der Waals surface area contributed by atoms with E-state index in [2.05, 4.69) is 0 Å². The zero-order valence-electron chi connectivity index (χ0n) is 42.2.